The maximum atomic E-state index is 2.34. The van der Waals surface area contributed by atoms with Crippen LogP contribution in [0.2, 0.25) is 0 Å². The second kappa shape index (κ2) is 11.6. The highest BCUT2D eigenvalue weighted by Gasteiger charge is 1.86. The summed E-state index contributed by atoms with van der Waals surface area (Å²) in [6, 6.07) is 0. The smallest absolute Gasteiger partial charge is 0.0327 e. The van der Waals surface area contributed by atoms with Gasteiger partial charge >= 0.3 is 0 Å². The van der Waals surface area contributed by atoms with Gasteiger partial charge in [0.2, 0.25) is 0 Å². The van der Waals surface area contributed by atoms with E-state index in [1.165, 1.54) is 44.9 Å². The Bertz CT molecular complexity index is 163. The zero-order valence-electron chi connectivity index (χ0n) is 10.8. The second-order valence-electron chi connectivity index (χ2n) is 4.65. The number of allylic oxidation sites excluding steroid dienone is 4. The quantitative estimate of drug-likeness (QED) is 0.346. The molecule has 0 aromatic rings. The minimum Gasteiger partial charge on any atom is -0.0885 e. The van der Waals surface area contributed by atoms with E-state index in [-0.39, 0.29) is 0 Å². The SMILES string of the molecule is CCCC/C=C/CCC/C=C/CC(C)C. The van der Waals surface area contributed by atoms with Gasteiger partial charge in [0.25, 0.3) is 0 Å². The molecule has 0 N–H and O–H groups in total. The van der Waals surface area contributed by atoms with Crippen molar-refractivity contribution in [3.05, 3.63) is 24.3 Å². The Morgan fingerprint density at radius 1 is 0.800 bits per heavy atom. The first-order chi connectivity index (χ1) is 7.27. The summed E-state index contributed by atoms with van der Waals surface area (Å²) in [5.74, 6) is 0.801. The summed E-state index contributed by atoms with van der Waals surface area (Å²) in [6.45, 7) is 6.77. The van der Waals surface area contributed by atoms with Crippen molar-refractivity contribution in [2.75, 3.05) is 0 Å². The molecule has 88 valence electrons. The molecule has 0 rings (SSSR count). The Labute approximate surface area is 96.5 Å². The van der Waals surface area contributed by atoms with Gasteiger partial charge in [0.1, 0.15) is 0 Å². The summed E-state index contributed by atoms with van der Waals surface area (Å²) < 4.78 is 0. The summed E-state index contributed by atoms with van der Waals surface area (Å²) in [4.78, 5) is 0. The van der Waals surface area contributed by atoms with Crippen molar-refractivity contribution < 1.29 is 0 Å². The van der Waals surface area contributed by atoms with Crippen molar-refractivity contribution >= 4 is 0 Å². The lowest BCUT2D eigenvalue weighted by molar-refractivity contribution is 0.661. The average Bonchev–Trinajstić information content (AvgIpc) is 2.20. The minimum atomic E-state index is 0.801. The first-order valence-electron chi connectivity index (χ1n) is 6.57. The Balaban J connectivity index is 3.17. The molecule has 0 aliphatic carbocycles. The van der Waals surface area contributed by atoms with E-state index in [2.05, 4.69) is 45.1 Å². The molecule has 0 unspecified atom stereocenters. The molecule has 0 saturated heterocycles. The van der Waals surface area contributed by atoms with E-state index in [1.807, 2.05) is 0 Å². The van der Waals surface area contributed by atoms with Crippen molar-refractivity contribution in [3.63, 3.8) is 0 Å². The van der Waals surface area contributed by atoms with Crippen LogP contribution in [-0.4, -0.2) is 0 Å². The van der Waals surface area contributed by atoms with E-state index in [1.54, 1.807) is 0 Å². The van der Waals surface area contributed by atoms with Crippen molar-refractivity contribution in [2.24, 2.45) is 5.92 Å². The summed E-state index contributed by atoms with van der Waals surface area (Å²) in [5, 5.41) is 0. The molecule has 0 amide bonds. The van der Waals surface area contributed by atoms with Gasteiger partial charge in [-0.2, -0.15) is 0 Å². The van der Waals surface area contributed by atoms with Gasteiger partial charge in [0.15, 0.2) is 0 Å². The van der Waals surface area contributed by atoms with Gasteiger partial charge < -0.3 is 0 Å². The molecule has 0 fully saturated rings. The highest BCUT2D eigenvalue weighted by molar-refractivity contribution is 4.85. The molecular formula is C15H28. The molecule has 0 saturated carbocycles. The van der Waals surface area contributed by atoms with Crippen molar-refractivity contribution in [3.8, 4) is 0 Å². The van der Waals surface area contributed by atoms with Crippen LogP contribution in [0, 0.1) is 5.92 Å². The van der Waals surface area contributed by atoms with Gasteiger partial charge in [-0.25, -0.2) is 0 Å². The standard InChI is InChI=1S/C15H28/c1-4-5-6-7-8-9-10-11-12-13-14-15(2)3/h7-8,12-13,15H,4-6,9-11,14H2,1-3H3/b8-7+,13-12+. The largest absolute Gasteiger partial charge is 0.0885 e. The van der Waals surface area contributed by atoms with Crippen LogP contribution in [0.1, 0.15) is 65.7 Å². The highest BCUT2D eigenvalue weighted by Crippen LogP contribution is 2.04. The predicted octanol–water partition coefficient (Wildman–Crippen LogP) is 5.51. The molecule has 0 spiro atoms. The van der Waals surface area contributed by atoms with E-state index in [0.29, 0.717) is 0 Å². The van der Waals surface area contributed by atoms with E-state index in [9.17, 15) is 0 Å². The zero-order valence-corrected chi connectivity index (χ0v) is 10.8. The van der Waals surface area contributed by atoms with Crippen molar-refractivity contribution in [2.45, 2.75) is 65.7 Å². The topological polar surface area (TPSA) is 0 Å². The molecule has 0 heteroatoms. The normalized spacial score (nSPS) is 12.3. The van der Waals surface area contributed by atoms with Crippen LogP contribution >= 0.6 is 0 Å². The molecule has 0 aliphatic heterocycles. The fraction of sp³-hybridized carbons (Fsp3) is 0.733. The molecule has 0 aromatic carbocycles. The summed E-state index contributed by atoms with van der Waals surface area (Å²) >= 11 is 0. The third-order valence-electron chi connectivity index (χ3n) is 2.41. The molecule has 0 radical (unpaired) electrons. The van der Waals surface area contributed by atoms with Gasteiger partial charge in [-0.3, -0.25) is 0 Å². The molecular weight excluding hydrogens is 180 g/mol. The second-order valence-corrected chi connectivity index (χ2v) is 4.65. The maximum Gasteiger partial charge on any atom is -0.0327 e. The number of hydrogen-bond donors (Lipinski definition) is 0. The number of hydrogen-bond acceptors (Lipinski definition) is 0. The molecule has 0 aromatic heterocycles. The molecule has 0 heterocycles. The number of rotatable bonds is 9. The van der Waals surface area contributed by atoms with Gasteiger partial charge in [-0.1, -0.05) is 57.9 Å². The Morgan fingerprint density at radius 2 is 1.33 bits per heavy atom. The lowest BCUT2D eigenvalue weighted by atomic mass is 10.1. The fourth-order valence-electron chi connectivity index (χ4n) is 1.40. The summed E-state index contributed by atoms with van der Waals surface area (Å²) in [6.07, 6.45) is 18.3. The van der Waals surface area contributed by atoms with Crippen LogP contribution < -0.4 is 0 Å². The zero-order chi connectivity index (χ0) is 11.4. The van der Waals surface area contributed by atoms with Gasteiger partial charge in [-0.15, -0.1) is 0 Å². The molecule has 0 atom stereocenters. The van der Waals surface area contributed by atoms with Crippen LogP contribution in [0.5, 0.6) is 0 Å². The summed E-state index contributed by atoms with van der Waals surface area (Å²) in [5.41, 5.74) is 0. The van der Waals surface area contributed by atoms with E-state index in [4.69, 9.17) is 0 Å². The van der Waals surface area contributed by atoms with Crippen LogP contribution in [-0.2, 0) is 0 Å². The fourth-order valence-corrected chi connectivity index (χ4v) is 1.40. The van der Waals surface area contributed by atoms with Gasteiger partial charge in [-0.05, 0) is 38.0 Å². The number of unbranched alkanes of at least 4 members (excludes halogenated alkanes) is 4. The van der Waals surface area contributed by atoms with E-state index < -0.39 is 0 Å². The molecule has 0 nitrogen and oxygen atoms in total. The first kappa shape index (κ1) is 14.5. The highest BCUT2D eigenvalue weighted by atomic mass is 13.9. The maximum absolute atomic E-state index is 2.34. The van der Waals surface area contributed by atoms with Crippen molar-refractivity contribution in [1.29, 1.82) is 0 Å². The first-order valence-corrected chi connectivity index (χ1v) is 6.57. The van der Waals surface area contributed by atoms with E-state index in [0.717, 1.165) is 5.92 Å². The summed E-state index contributed by atoms with van der Waals surface area (Å²) in [7, 11) is 0. The lowest BCUT2D eigenvalue weighted by Gasteiger charge is -1.96. The Kier molecular flexibility index (Phi) is 11.2. The van der Waals surface area contributed by atoms with Gasteiger partial charge in [0.05, 0.1) is 0 Å². The van der Waals surface area contributed by atoms with Crippen LogP contribution in [0.4, 0.5) is 0 Å². The third kappa shape index (κ3) is 13.5. The molecule has 15 heavy (non-hydrogen) atoms. The minimum absolute atomic E-state index is 0.801. The van der Waals surface area contributed by atoms with E-state index >= 15 is 0 Å². The Morgan fingerprint density at radius 3 is 1.87 bits per heavy atom. The van der Waals surface area contributed by atoms with Crippen LogP contribution in [0.15, 0.2) is 24.3 Å². The third-order valence-corrected chi connectivity index (χ3v) is 2.41. The van der Waals surface area contributed by atoms with Crippen molar-refractivity contribution in [1.82, 2.24) is 0 Å². The lowest BCUT2D eigenvalue weighted by Crippen LogP contribution is -1.81. The van der Waals surface area contributed by atoms with Crippen LogP contribution in [0.25, 0.3) is 0 Å². The van der Waals surface area contributed by atoms with Gasteiger partial charge in [0, 0.05) is 0 Å². The van der Waals surface area contributed by atoms with Crippen LogP contribution in [0.3, 0.4) is 0 Å². The monoisotopic (exact) mass is 208 g/mol. The average molecular weight is 208 g/mol. The predicted molar refractivity (Wildman–Crippen MR) is 71.1 cm³/mol. The molecule has 0 bridgehead atoms. The Hall–Kier alpha value is -0.520. The molecule has 0 aliphatic rings.